The third-order valence-corrected chi connectivity index (χ3v) is 4.18. The number of rotatable bonds is 5. The van der Waals surface area contributed by atoms with Crippen LogP contribution in [0.3, 0.4) is 0 Å². The highest BCUT2D eigenvalue weighted by atomic mass is 16.1. The van der Waals surface area contributed by atoms with Gasteiger partial charge in [0.25, 0.3) is 5.56 Å². The molecule has 1 aromatic heterocycles. The Balaban J connectivity index is 1.94. The molecule has 129 valence electrons. The summed E-state index contributed by atoms with van der Waals surface area (Å²) in [4.78, 5) is 29.9. The van der Waals surface area contributed by atoms with Crippen LogP contribution in [0.2, 0.25) is 0 Å². The molecule has 3 aromatic rings. The monoisotopic (exact) mass is 344 g/mol. The summed E-state index contributed by atoms with van der Waals surface area (Å²) in [6.07, 6.45) is 6.92. The molecule has 0 fully saturated rings. The summed E-state index contributed by atoms with van der Waals surface area (Å²) in [5.74, 6) is 2.67. The lowest BCUT2D eigenvalue weighted by molar-refractivity contribution is 0.101. The van der Waals surface area contributed by atoms with E-state index in [0.29, 0.717) is 29.6 Å². The predicted molar refractivity (Wildman–Crippen MR) is 103 cm³/mol. The molecule has 0 saturated carbocycles. The maximum atomic E-state index is 12.2. The van der Waals surface area contributed by atoms with E-state index in [-0.39, 0.29) is 11.3 Å². The second-order valence-corrected chi connectivity index (χ2v) is 6.03. The van der Waals surface area contributed by atoms with Gasteiger partial charge >= 0.3 is 0 Å². The molecule has 1 radical (unpaired) electrons. The van der Waals surface area contributed by atoms with Gasteiger partial charge in [-0.05, 0) is 48.9 Å². The first kappa shape index (κ1) is 17.4. The first-order chi connectivity index (χ1) is 12.5. The van der Waals surface area contributed by atoms with E-state index in [1.54, 1.807) is 12.1 Å². The smallest absolute Gasteiger partial charge is 0.261 e. The van der Waals surface area contributed by atoms with Crippen molar-refractivity contribution in [2.45, 2.75) is 13.5 Å². The molecule has 0 saturated heterocycles. The van der Waals surface area contributed by atoms with Crippen LogP contribution in [0.5, 0.6) is 0 Å². The fourth-order valence-electron chi connectivity index (χ4n) is 2.78. The van der Waals surface area contributed by atoms with Gasteiger partial charge in [0.15, 0.2) is 5.78 Å². The number of Topliss-reactive ketones (excluding diaryl/α,β-unsaturated/α-hetero) is 1. The van der Waals surface area contributed by atoms with Crippen molar-refractivity contribution in [1.29, 1.82) is 0 Å². The molecule has 0 spiro atoms. The van der Waals surface area contributed by atoms with Crippen molar-refractivity contribution in [3.8, 4) is 12.3 Å². The second-order valence-electron chi connectivity index (χ2n) is 6.03. The van der Waals surface area contributed by atoms with E-state index in [4.69, 9.17) is 6.42 Å². The van der Waals surface area contributed by atoms with E-state index in [1.165, 1.54) is 17.8 Å². The second kappa shape index (κ2) is 7.24. The van der Waals surface area contributed by atoms with Crippen LogP contribution in [0.4, 0.5) is 5.69 Å². The molecule has 5 nitrogen and oxygen atoms in total. The summed E-state index contributed by atoms with van der Waals surface area (Å²) in [5, 5.41) is 0.521. The summed E-state index contributed by atoms with van der Waals surface area (Å²) in [5.41, 5.74) is 2.95. The minimum Gasteiger partial charge on any atom is -0.356 e. The Kier molecular flexibility index (Phi) is 4.85. The van der Waals surface area contributed by atoms with E-state index in [9.17, 15) is 9.59 Å². The number of hydrogen-bond donors (Lipinski definition) is 0. The highest BCUT2D eigenvalue weighted by Crippen LogP contribution is 2.19. The Morgan fingerprint density at radius 2 is 2.00 bits per heavy atom. The zero-order valence-electron chi connectivity index (χ0n) is 14.5. The number of carbonyl (C=O) groups excluding carboxylic acids is 1. The maximum Gasteiger partial charge on any atom is 0.261 e. The molecule has 0 amide bonds. The Bertz CT molecular complexity index is 1060. The van der Waals surface area contributed by atoms with E-state index in [2.05, 4.69) is 18.0 Å². The molecule has 0 aliphatic heterocycles. The molecular weight excluding hydrogens is 326 g/mol. The highest BCUT2D eigenvalue weighted by Gasteiger charge is 2.10. The zero-order valence-corrected chi connectivity index (χ0v) is 14.5. The normalized spacial score (nSPS) is 10.5. The third kappa shape index (κ3) is 3.50. The van der Waals surface area contributed by atoms with Crippen LogP contribution in [0.15, 0.2) is 53.6 Å². The van der Waals surface area contributed by atoms with Crippen molar-refractivity contribution >= 4 is 22.4 Å². The molecule has 26 heavy (non-hydrogen) atoms. The van der Waals surface area contributed by atoms with Crippen LogP contribution in [0, 0.1) is 19.4 Å². The summed E-state index contributed by atoms with van der Waals surface area (Å²) in [6, 6.07) is 12.9. The number of ketones is 1. The van der Waals surface area contributed by atoms with Crippen LogP contribution in [0.1, 0.15) is 22.8 Å². The van der Waals surface area contributed by atoms with Gasteiger partial charge in [-0.25, -0.2) is 4.98 Å². The van der Waals surface area contributed by atoms with Gasteiger partial charge in [0.05, 0.1) is 23.8 Å². The molecule has 0 atom stereocenters. The highest BCUT2D eigenvalue weighted by molar-refractivity contribution is 5.94. The summed E-state index contributed by atoms with van der Waals surface area (Å²) in [6.45, 7) is 2.47. The lowest BCUT2D eigenvalue weighted by Crippen LogP contribution is -2.23. The van der Waals surface area contributed by atoms with E-state index >= 15 is 0 Å². The number of benzene rings is 2. The maximum absolute atomic E-state index is 12.2. The average molecular weight is 344 g/mol. The topological polar surface area (TPSA) is 55.2 Å². The van der Waals surface area contributed by atoms with Crippen molar-refractivity contribution in [1.82, 2.24) is 9.55 Å². The Labute approximate surface area is 151 Å². The van der Waals surface area contributed by atoms with Crippen molar-refractivity contribution in [2.75, 3.05) is 11.4 Å². The number of carbonyl (C=O) groups is 1. The molecule has 5 heteroatoms. The van der Waals surface area contributed by atoms with Crippen molar-refractivity contribution in [2.24, 2.45) is 0 Å². The van der Waals surface area contributed by atoms with E-state index in [1.807, 2.05) is 35.2 Å². The summed E-state index contributed by atoms with van der Waals surface area (Å²) >= 11 is 0. The first-order valence-electron chi connectivity index (χ1n) is 8.10. The average Bonchev–Trinajstić information content (AvgIpc) is 2.65. The molecule has 0 bridgehead atoms. The first-order valence-corrected chi connectivity index (χ1v) is 8.10. The van der Waals surface area contributed by atoms with Crippen LogP contribution in [-0.4, -0.2) is 21.9 Å². The van der Waals surface area contributed by atoms with E-state index in [0.717, 1.165) is 11.3 Å². The molecule has 0 aliphatic rings. The lowest BCUT2D eigenvalue weighted by atomic mass is 10.1. The van der Waals surface area contributed by atoms with Gasteiger partial charge in [-0.15, -0.1) is 6.42 Å². The Morgan fingerprint density at radius 3 is 2.65 bits per heavy atom. The standard InChI is InChI=1S/C21H18N3O2/c1-4-11-24(18-8-6-17(7-9-18)15(2)25)13-16-5-10-20-19(12-16)21(26)23(3)14-22-20/h1,5-10,12,14H,3,11,13H2,2H3. The molecule has 2 aromatic carbocycles. The quantitative estimate of drug-likeness (QED) is 0.527. The largest absolute Gasteiger partial charge is 0.356 e. The SMILES string of the molecule is C#CCN(Cc1ccc2ncn([CH2])c(=O)c2c1)c1ccc(C(C)=O)cc1. The number of fused-ring (bicyclic) bond motifs is 1. The number of anilines is 1. The van der Waals surface area contributed by atoms with Crippen molar-refractivity contribution in [3.63, 3.8) is 0 Å². The summed E-state index contributed by atoms with van der Waals surface area (Å²) < 4.78 is 1.21. The molecular formula is C21H18N3O2. The summed E-state index contributed by atoms with van der Waals surface area (Å²) in [7, 11) is 3.64. The van der Waals surface area contributed by atoms with Gasteiger partial charge in [-0.3, -0.25) is 14.2 Å². The van der Waals surface area contributed by atoms with E-state index < -0.39 is 0 Å². The zero-order chi connectivity index (χ0) is 18.7. The fraction of sp³-hybridized carbons (Fsp3) is 0.143. The lowest BCUT2D eigenvalue weighted by Gasteiger charge is -2.23. The third-order valence-electron chi connectivity index (χ3n) is 4.18. The van der Waals surface area contributed by atoms with Gasteiger partial charge in [0.1, 0.15) is 0 Å². The van der Waals surface area contributed by atoms with Crippen LogP contribution in [-0.2, 0) is 6.54 Å². The number of hydrogen-bond acceptors (Lipinski definition) is 4. The Morgan fingerprint density at radius 1 is 1.27 bits per heavy atom. The van der Waals surface area contributed by atoms with Crippen LogP contribution >= 0.6 is 0 Å². The van der Waals surface area contributed by atoms with Crippen molar-refractivity contribution in [3.05, 3.63) is 77.3 Å². The minimum atomic E-state index is -0.189. The number of terminal acetylenes is 1. The van der Waals surface area contributed by atoms with Gasteiger partial charge in [-0.1, -0.05) is 12.0 Å². The molecule has 0 aliphatic carbocycles. The number of aromatic nitrogens is 2. The van der Waals surface area contributed by atoms with Gasteiger partial charge in [-0.2, -0.15) is 0 Å². The van der Waals surface area contributed by atoms with Crippen molar-refractivity contribution < 1.29 is 4.79 Å². The minimum absolute atomic E-state index is 0.0199. The Hall–Kier alpha value is -3.39. The molecule has 3 rings (SSSR count). The molecule has 0 unspecified atom stereocenters. The predicted octanol–water partition coefficient (Wildman–Crippen LogP) is 2.88. The van der Waals surface area contributed by atoms with Crippen LogP contribution < -0.4 is 10.5 Å². The molecule has 0 N–H and O–H groups in total. The van der Waals surface area contributed by atoms with Gasteiger partial charge in [0, 0.05) is 24.8 Å². The van der Waals surface area contributed by atoms with Crippen LogP contribution in [0.25, 0.3) is 10.9 Å². The fourth-order valence-corrected chi connectivity index (χ4v) is 2.78. The van der Waals surface area contributed by atoms with Gasteiger partial charge in [0.2, 0.25) is 0 Å². The molecule has 1 heterocycles. The van der Waals surface area contributed by atoms with Gasteiger partial charge < -0.3 is 4.90 Å². The number of nitrogens with zero attached hydrogens (tertiary/aromatic N) is 3.